The minimum Gasteiger partial charge on any atom is -0.379 e. The van der Waals surface area contributed by atoms with Gasteiger partial charge in [-0.05, 0) is 31.5 Å². The first-order chi connectivity index (χ1) is 12.3. The molecule has 0 spiro atoms. The van der Waals surface area contributed by atoms with Crippen LogP contribution in [-0.2, 0) is 15.1 Å². The zero-order valence-corrected chi connectivity index (χ0v) is 15.4. The van der Waals surface area contributed by atoms with Crippen LogP contribution in [0.1, 0.15) is 31.7 Å². The molecule has 0 bridgehead atoms. The van der Waals surface area contributed by atoms with E-state index in [1.165, 1.54) is 30.9 Å². The van der Waals surface area contributed by atoms with E-state index in [9.17, 15) is 14.0 Å². The van der Waals surface area contributed by atoms with Gasteiger partial charge in [0, 0.05) is 36.9 Å². The Kier molecular flexibility index (Phi) is 4.99. The quantitative estimate of drug-likeness (QED) is 0.842. The van der Waals surface area contributed by atoms with Crippen molar-refractivity contribution in [1.82, 2.24) is 5.01 Å². The third-order valence-corrected chi connectivity index (χ3v) is 5.26. The van der Waals surface area contributed by atoms with E-state index >= 15 is 0 Å². The lowest BCUT2D eigenvalue weighted by molar-refractivity contribution is -0.130. The fourth-order valence-electron chi connectivity index (χ4n) is 2.93. The number of nitrogens with two attached hydrogens (primary N) is 1. The Morgan fingerprint density at radius 2 is 2.19 bits per heavy atom. The molecule has 2 aliphatic rings. The Balaban J connectivity index is 1.84. The number of aliphatic imine (C=N–C) groups is 1. The summed E-state index contributed by atoms with van der Waals surface area (Å²) in [7, 11) is 1.51. The van der Waals surface area contributed by atoms with E-state index in [2.05, 4.69) is 15.4 Å². The number of carbonyl (C=O) groups excluding carboxylic acids is 2. The van der Waals surface area contributed by atoms with Crippen molar-refractivity contribution in [3.8, 4) is 0 Å². The number of rotatable bonds is 3. The van der Waals surface area contributed by atoms with Crippen LogP contribution >= 0.6 is 11.8 Å². The molecule has 2 heterocycles. The molecule has 1 aromatic carbocycles. The molecule has 0 fully saturated rings. The summed E-state index contributed by atoms with van der Waals surface area (Å²) < 4.78 is 14.4. The Bertz CT molecular complexity index is 825. The van der Waals surface area contributed by atoms with Crippen molar-refractivity contribution < 1.29 is 14.0 Å². The Labute approximate surface area is 154 Å². The number of amides is 2. The third kappa shape index (κ3) is 3.72. The number of thioether (sulfide) groups is 1. The fraction of sp³-hybridized carbons (Fsp3) is 0.412. The van der Waals surface area contributed by atoms with E-state index in [0.717, 1.165) is 10.8 Å². The first-order valence-corrected chi connectivity index (χ1v) is 9.20. The predicted molar refractivity (Wildman–Crippen MR) is 101 cm³/mol. The molecule has 138 valence electrons. The van der Waals surface area contributed by atoms with Gasteiger partial charge in [0.25, 0.3) is 5.91 Å². The van der Waals surface area contributed by atoms with Gasteiger partial charge in [0.05, 0.1) is 5.54 Å². The molecule has 9 heteroatoms. The lowest BCUT2D eigenvalue weighted by Gasteiger charge is -2.30. The molecule has 2 amide bonds. The van der Waals surface area contributed by atoms with Gasteiger partial charge in [-0.2, -0.15) is 5.10 Å². The molecule has 2 aliphatic heterocycles. The van der Waals surface area contributed by atoms with E-state index < -0.39 is 17.3 Å². The van der Waals surface area contributed by atoms with Gasteiger partial charge in [0.15, 0.2) is 5.17 Å². The number of hydrazone groups is 1. The fourth-order valence-corrected chi connectivity index (χ4v) is 3.91. The molecule has 0 saturated carbocycles. The molecule has 1 aromatic rings. The molecule has 0 radical (unpaired) electrons. The van der Waals surface area contributed by atoms with Crippen molar-refractivity contribution in [2.45, 2.75) is 31.7 Å². The van der Waals surface area contributed by atoms with Crippen molar-refractivity contribution in [2.24, 2.45) is 15.8 Å². The maximum Gasteiger partial charge on any atom is 0.271 e. The van der Waals surface area contributed by atoms with Gasteiger partial charge < -0.3 is 11.1 Å². The normalized spacial score (nSPS) is 23.3. The SMILES string of the molecule is CN1N=C(C(=O)Nc2ccc(F)c([C@]3(C)CCSC(N)=N3)c2)CCC1=O. The summed E-state index contributed by atoms with van der Waals surface area (Å²) in [6.45, 7) is 1.83. The minimum atomic E-state index is -0.769. The van der Waals surface area contributed by atoms with Crippen LogP contribution < -0.4 is 11.1 Å². The lowest BCUT2D eigenvalue weighted by atomic mass is 9.89. The smallest absolute Gasteiger partial charge is 0.271 e. The molecule has 0 aliphatic carbocycles. The highest BCUT2D eigenvalue weighted by atomic mass is 32.2. The second kappa shape index (κ2) is 7.06. The zero-order chi connectivity index (χ0) is 18.9. The predicted octanol–water partition coefficient (Wildman–Crippen LogP) is 2.04. The molecule has 26 heavy (non-hydrogen) atoms. The molecule has 7 nitrogen and oxygen atoms in total. The van der Waals surface area contributed by atoms with Gasteiger partial charge in [-0.15, -0.1) is 0 Å². The minimum absolute atomic E-state index is 0.135. The van der Waals surface area contributed by atoms with E-state index in [1.54, 1.807) is 6.07 Å². The van der Waals surface area contributed by atoms with Crippen LogP contribution in [0.2, 0.25) is 0 Å². The molecule has 0 aromatic heterocycles. The highest BCUT2D eigenvalue weighted by molar-refractivity contribution is 8.13. The first-order valence-electron chi connectivity index (χ1n) is 8.22. The number of nitrogens with one attached hydrogen (secondary N) is 1. The maximum atomic E-state index is 14.4. The Morgan fingerprint density at radius 3 is 2.88 bits per heavy atom. The molecular formula is C17H20FN5O2S. The number of carbonyl (C=O) groups is 2. The standard InChI is InChI=1S/C17H20FN5O2S/c1-17(7-8-26-16(19)21-17)11-9-10(3-4-12(11)18)20-15(25)13-5-6-14(24)23(2)22-13/h3-4,9H,5-8H2,1-2H3,(H2,19,21)(H,20,25)/t17-/m0/s1. The van der Waals surface area contributed by atoms with Gasteiger partial charge in [-0.25, -0.2) is 9.40 Å². The largest absolute Gasteiger partial charge is 0.379 e. The van der Waals surface area contributed by atoms with Crippen molar-refractivity contribution in [3.05, 3.63) is 29.6 Å². The van der Waals surface area contributed by atoms with Crippen molar-refractivity contribution in [2.75, 3.05) is 18.1 Å². The van der Waals surface area contributed by atoms with Gasteiger partial charge in [-0.1, -0.05) is 11.8 Å². The molecule has 0 unspecified atom stereocenters. The van der Waals surface area contributed by atoms with Gasteiger partial charge in [0.2, 0.25) is 5.91 Å². The number of benzene rings is 1. The number of hydrogen-bond acceptors (Lipinski definition) is 6. The first kappa shape index (κ1) is 18.4. The molecule has 3 rings (SSSR count). The third-order valence-electron chi connectivity index (χ3n) is 4.47. The number of amidine groups is 1. The second-order valence-corrected chi connectivity index (χ2v) is 7.55. The van der Waals surface area contributed by atoms with Crippen LogP contribution in [0, 0.1) is 5.82 Å². The zero-order valence-electron chi connectivity index (χ0n) is 14.6. The molecule has 3 N–H and O–H groups in total. The van der Waals surface area contributed by atoms with E-state index in [0.29, 0.717) is 22.8 Å². The summed E-state index contributed by atoms with van der Waals surface area (Å²) in [4.78, 5) is 28.3. The summed E-state index contributed by atoms with van der Waals surface area (Å²) in [5, 5.41) is 8.30. The Hall–Kier alpha value is -2.42. The van der Waals surface area contributed by atoms with Crippen molar-refractivity contribution in [1.29, 1.82) is 0 Å². The van der Waals surface area contributed by atoms with Crippen LogP contribution in [0.25, 0.3) is 0 Å². The summed E-state index contributed by atoms with van der Waals surface area (Å²) in [5.74, 6) is -0.188. The summed E-state index contributed by atoms with van der Waals surface area (Å²) in [5.41, 5.74) is 6.14. The lowest BCUT2D eigenvalue weighted by Crippen LogP contribution is -2.34. The van der Waals surface area contributed by atoms with E-state index in [-0.39, 0.29) is 24.5 Å². The van der Waals surface area contributed by atoms with Crippen LogP contribution in [-0.4, -0.2) is 40.5 Å². The average Bonchev–Trinajstić information content (AvgIpc) is 2.58. The van der Waals surface area contributed by atoms with Crippen molar-refractivity contribution in [3.63, 3.8) is 0 Å². The summed E-state index contributed by atoms with van der Waals surface area (Å²) in [6, 6.07) is 4.38. The average molecular weight is 377 g/mol. The molecule has 1 atom stereocenters. The number of nitrogens with zero attached hydrogens (tertiary/aromatic N) is 3. The topological polar surface area (TPSA) is 100 Å². The van der Waals surface area contributed by atoms with Crippen LogP contribution in [0.3, 0.4) is 0 Å². The van der Waals surface area contributed by atoms with E-state index in [1.807, 2.05) is 6.92 Å². The summed E-state index contributed by atoms with van der Waals surface area (Å²) >= 11 is 1.44. The number of anilines is 1. The van der Waals surface area contributed by atoms with Gasteiger partial charge in [0.1, 0.15) is 11.5 Å². The number of halogens is 1. The highest BCUT2D eigenvalue weighted by Crippen LogP contribution is 2.37. The van der Waals surface area contributed by atoms with Crippen LogP contribution in [0.15, 0.2) is 28.3 Å². The molecule has 0 saturated heterocycles. The van der Waals surface area contributed by atoms with Crippen LogP contribution in [0.4, 0.5) is 10.1 Å². The van der Waals surface area contributed by atoms with Gasteiger partial charge in [-0.3, -0.25) is 14.6 Å². The van der Waals surface area contributed by atoms with E-state index in [4.69, 9.17) is 5.73 Å². The van der Waals surface area contributed by atoms with Gasteiger partial charge >= 0.3 is 0 Å². The van der Waals surface area contributed by atoms with Crippen molar-refractivity contribution >= 4 is 40.1 Å². The van der Waals surface area contributed by atoms with Crippen LogP contribution in [0.5, 0.6) is 0 Å². The Morgan fingerprint density at radius 1 is 1.42 bits per heavy atom. The number of hydrogen-bond donors (Lipinski definition) is 2. The highest BCUT2D eigenvalue weighted by Gasteiger charge is 2.32. The molecular weight excluding hydrogens is 357 g/mol. The monoisotopic (exact) mass is 377 g/mol. The second-order valence-electron chi connectivity index (χ2n) is 6.44. The maximum absolute atomic E-state index is 14.4. The summed E-state index contributed by atoms with van der Waals surface area (Å²) in [6.07, 6.45) is 1.16.